The van der Waals surface area contributed by atoms with Crippen molar-refractivity contribution in [2.75, 3.05) is 0 Å². The number of aromatic nitrogens is 1. The Morgan fingerprint density at radius 1 is 1.90 bits per heavy atom. The van der Waals surface area contributed by atoms with Gasteiger partial charge >= 0.3 is 0 Å². The van der Waals surface area contributed by atoms with Gasteiger partial charge in [-0.3, -0.25) is 0 Å². The van der Waals surface area contributed by atoms with Crippen LogP contribution in [-0.4, -0.2) is 9.97 Å². The maximum absolute atomic E-state index is 5.33. The van der Waals surface area contributed by atoms with Gasteiger partial charge in [-0.05, 0) is 6.92 Å². The molecule has 0 aromatic carbocycles. The summed E-state index contributed by atoms with van der Waals surface area (Å²) in [6.07, 6.45) is 0.625. The molecule has 0 aliphatic heterocycles. The van der Waals surface area contributed by atoms with E-state index in [0.717, 1.165) is 10.7 Å². The van der Waals surface area contributed by atoms with Crippen molar-refractivity contribution < 1.29 is 0 Å². The maximum Gasteiger partial charge on any atom is 0.0897 e. The van der Waals surface area contributed by atoms with Gasteiger partial charge < -0.3 is 5.73 Å². The number of nitrogens with zero attached hydrogens (tertiary/aromatic N) is 1. The normalized spacial score (nSPS) is 9.70. The highest BCUT2D eigenvalue weighted by molar-refractivity contribution is 7.80. The number of nitrogens with two attached hydrogens (primary N) is 1. The summed E-state index contributed by atoms with van der Waals surface area (Å²) >= 11 is 6.35. The Morgan fingerprint density at radius 3 is 3.00 bits per heavy atom. The second kappa shape index (κ2) is 3.07. The Morgan fingerprint density at radius 2 is 2.60 bits per heavy atom. The van der Waals surface area contributed by atoms with Crippen molar-refractivity contribution in [3.8, 4) is 0 Å². The fourth-order valence-corrected chi connectivity index (χ4v) is 1.43. The van der Waals surface area contributed by atoms with Crippen molar-refractivity contribution >= 4 is 28.5 Å². The molecule has 0 bridgehead atoms. The first-order valence-corrected chi connectivity index (χ1v) is 4.16. The maximum atomic E-state index is 5.33. The van der Waals surface area contributed by atoms with E-state index < -0.39 is 0 Å². The highest BCUT2D eigenvalue weighted by Gasteiger charge is 1.98. The van der Waals surface area contributed by atoms with Crippen molar-refractivity contribution in [2.45, 2.75) is 13.3 Å². The zero-order chi connectivity index (χ0) is 7.56. The van der Waals surface area contributed by atoms with Crippen LogP contribution in [0, 0.1) is 6.92 Å². The van der Waals surface area contributed by atoms with Gasteiger partial charge in [0.2, 0.25) is 0 Å². The minimum absolute atomic E-state index is 0.505. The molecular weight excluding hydrogens is 164 g/mol. The molecule has 0 spiro atoms. The van der Waals surface area contributed by atoms with Crippen LogP contribution in [0.15, 0.2) is 5.38 Å². The molecule has 1 aromatic heterocycles. The monoisotopic (exact) mass is 172 g/mol. The van der Waals surface area contributed by atoms with Gasteiger partial charge in [-0.1, -0.05) is 12.2 Å². The largest absolute Gasteiger partial charge is 0.393 e. The summed E-state index contributed by atoms with van der Waals surface area (Å²) in [5.74, 6) is 0. The Hall–Kier alpha value is -0.480. The smallest absolute Gasteiger partial charge is 0.0897 e. The lowest BCUT2D eigenvalue weighted by Gasteiger charge is -1.89. The van der Waals surface area contributed by atoms with E-state index in [1.807, 2.05) is 12.3 Å². The molecule has 0 amide bonds. The lowest BCUT2D eigenvalue weighted by atomic mass is 10.3. The van der Waals surface area contributed by atoms with Crippen LogP contribution in [-0.2, 0) is 6.42 Å². The van der Waals surface area contributed by atoms with Crippen molar-refractivity contribution in [1.29, 1.82) is 0 Å². The fourth-order valence-electron chi connectivity index (χ4n) is 0.668. The van der Waals surface area contributed by atoms with Gasteiger partial charge in [0.1, 0.15) is 0 Å². The quantitative estimate of drug-likeness (QED) is 0.683. The molecule has 0 aliphatic carbocycles. The van der Waals surface area contributed by atoms with E-state index in [1.165, 1.54) is 0 Å². The Labute approximate surface area is 69.1 Å². The molecule has 0 unspecified atom stereocenters. The first kappa shape index (κ1) is 7.63. The Balaban J connectivity index is 2.67. The minimum Gasteiger partial charge on any atom is -0.393 e. The molecule has 0 aliphatic rings. The summed E-state index contributed by atoms with van der Waals surface area (Å²) in [4.78, 5) is 4.71. The molecule has 1 rings (SSSR count). The topological polar surface area (TPSA) is 38.9 Å². The van der Waals surface area contributed by atoms with Gasteiger partial charge in [0.15, 0.2) is 0 Å². The molecule has 0 saturated heterocycles. The standard InChI is InChI=1S/C6H8N2S2/c1-4-8-5(3-10-4)2-6(7)9/h3H,2H2,1H3,(H2,7,9). The highest BCUT2D eigenvalue weighted by Crippen LogP contribution is 2.07. The molecule has 0 atom stereocenters. The lowest BCUT2D eigenvalue weighted by Crippen LogP contribution is -2.11. The molecule has 54 valence electrons. The number of thiocarbonyl (C=S) groups is 1. The highest BCUT2D eigenvalue weighted by atomic mass is 32.1. The molecule has 2 nitrogen and oxygen atoms in total. The first-order valence-electron chi connectivity index (χ1n) is 2.88. The van der Waals surface area contributed by atoms with E-state index >= 15 is 0 Å². The van der Waals surface area contributed by atoms with Gasteiger partial charge in [0, 0.05) is 11.8 Å². The van der Waals surface area contributed by atoms with Gasteiger partial charge in [-0.25, -0.2) is 4.98 Å². The van der Waals surface area contributed by atoms with Crippen LogP contribution in [0.25, 0.3) is 0 Å². The van der Waals surface area contributed by atoms with Crippen LogP contribution in [0.5, 0.6) is 0 Å². The Kier molecular flexibility index (Phi) is 2.34. The summed E-state index contributed by atoms with van der Waals surface area (Å²) in [7, 11) is 0. The van der Waals surface area contributed by atoms with Crippen LogP contribution < -0.4 is 5.73 Å². The predicted octanol–water partition coefficient (Wildman–Crippen LogP) is 1.28. The van der Waals surface area contributed by atoms with E-state index in [-0.39, 0.29) is 0 Å². The molecule has 0 radical (unpaired) electrons. The van der Waals surface area contributed by atoms with Crippen LogP contribution in [0.2, 0.25) is 0 Å². The minimum atomic E-state index is 0.505. The molecule has 1 heterocycles. The average molecular weight is 172 g/mol. The number of aryl methyl sites for hydroxylation is 1. The molecule has 4 heteroatoms. The van der Waals surface area contributed by atoms with Crippen LogP contribution in [0.1, 0.15) is 10.7 Å². The van der Waals surface area contributed by atoms with Crippen molar-refractivity contribution in [2.24, 2.45) is 5.73 Å². The van der Waals surface area contributed by atoms with Crippen LogP contribution in [0.4, 0.5) is 0 Å². The van der Waals surface area contributed by atoms with Gasteiger partial charge in [-0.2, -0.15) is 0 Å². The number of hydrogen-bond acceptors (Lipinski definition) is 3. The van der Waals surface area contributed by atoms with Gasteiger partial charge in [-0.15, -0.1) is 11.3 Å². The summed E-state index contributed by atoms with van der Waals surface area (Å²) in [5.41, 5.74) is 6.31. The molecule has 0 saturated carbocycles. The summed E-state index contributed by atoms with van der Waals surface area (Å²) in [6.45, 7) is 1.97. The summed E-state index contributed by atoms with van der Waals surface area (Å²) in [5, 5.41) is 3.04. The Bertz CT molecular complexity index is 242. The summed E-state index contributed by atoms with van der Waals surface area (Å²) in [6, 6.07) is 0. The van der Waals surface area contributed by atoms with Crippen molar-refractivity contribution in [3.63, 3.8) is 0 Å². The van der Waals surface area contributed by atoms with Crippen molar-refractivity contribution in [1.82, 2.24) is 4.98 Å². The number of thiazole rings is 1. The number of rotatable bonds is 2. The fraction of sp³-hybridized carbons (Fsp3) is 0.333. The second-order valence-electron chi connectivity index (χ2n) is 2.00. The van der Waals surface area contributed by atoms with Crippen LogP contribution >= 0.6 is 23.6 Å². The first-order chi connectivity index (χ1) is 4.68. The van der Waals surface area contributed by atoms with E-state index in [9.17, 15) is 0 Å². The SMILES string of the molecule is Cc1nc(CC(N)=S)cs1. The lowest BCUT2D eigenvalue weighted by molar-refractivity contribution is 1.15. The van der Waals surface area contributed by atoms with Gasteiger partial charge in [0.05, 0.1) is 15.7 Å². The van der Waals surface area contributed by atoms with Gasteiger partial charge in [0.25, 0.3) is 0 Å². The molecule has 2 N–H and O–H groups in total. The van der Waals surface area contributed by atoms with E-state index in [2.05, 4.69) is 4.98 Å². The second-order valence-corrected chi connectivity index (χ2v) is 3.59. The number of hydrogen-bond donors (Lipinski definition) is 1. The zero-order valence-electron chi connectivity index (χ0n) is 5.63. The molecule has 1 aromatic rings. The molecule has 10 heavy (non-hydrogen) atoms. The van der Waals surface area contributed by atoms with Crippen LogP contribution in [0.3, 0.4) is 0 Å². The molecule has 0 fully saturated rings. The predicted molar refractivity (Wildman–Crippen MR) is 47.3 cm³/mol. The average Bonchev–Trinajstić information content (AvgIpc) is 2.13. The molecular formula is C6H8N2S2. The zero-order valence-corrected chi connectivity index (χ0v) is 7.26. The van der Waals surface area contributed by atoms with E-state index in [1.54, 1.807) is 11.3 Å². The third kappa shape index (κ3) is 2.04. The summed E-state index contributed by atoms with van der Waals surface area (Å²) < 4.78 is 0. The van der Waals surface area contributed by atoms with Crippen molar-refractivity contribution in [3.05, 3.63) is 16.1 Å². The third-order valence-corrected chi connectivity index (χ3v) is 1.99. The van der Waals surface area contributed by atoms with E-state index in [4.69, 9.17) is 18.0 Å². The third-order valence-electron chi connectivity index (χ3n) is 1.02. The van der Waals surface area contributed by atoms with E-state index in [0.29, 0.717) is 11.4 Å².